The Hall–Kier alpha value is -3.37. The van der Waals surface area contributed by atoms with Crippen molar-refractivity contribution in [3.63, 3.8) is 0 Å². The second kappa shape index (κ2) is 8.05. The molecule has 1 N–H and O–H groups in total. The fourth-order valence-corrected chi connectivity index (χ4v) is 4.42. The molecule has 0 aliphatic heterocycles. The number of pyridine rings is 1. The van der Waals surface area contributed by atoms with Gasteiger partial charge in [0.05, 0.1) is 16.8 Å². The molecule has 10 heteroatoms. The van der Waals surface area contributed by atoms with E-state index in [1.54, 1.807) is 18.3 Å². The minimum Gasteiger partial charge on any atom is -0.355 e. The first kappa shape index (κ1) is 20.9. The van der Waals surface area contributed by atoms with E-state index in [1.807, 2.05) is 26.0 Å². The number of thiazole rings is 1. The number of carbonyl (C=O) groups excluding carboxylic acids is 1. The van der Waals surface area contributed by atoms with Crippen molar-refractivity contribution < 1.29 is 17.7 Å². The molecule has 0 aliphatic rings. The van der Waals surface area contributed by atoms with Crippen LogP contribution in [0.1, 0.15) is 20.8 Å². The van der Waals surface area contributed by atoms with E-state index in [-0.39, 0.29) is 16.2 Å². The van der Waals surface area contributed by atoms with Crippen LogP contribution in [0.25, 0.3) is 22.7 Å². The number of carbonyl (C=O) groups is 1. The summed E-state index contributed by atoms with van der Waals surface area (Å²) in [5.74, 6) is -0.283. The van der Waals surface area contributed by atoms with Crippen LogP contribution in [0.5, 0.6) is 0 Å². The predicted octanol–water partition coefficient (Wildman–Crippen LogP) is 4.13. The van der Waals surface area contributed by atoms with E-state index in [0.717, 1.165) is 22.4 Å². The van der Waals surface area contributed by atoms with Gasteiger partial charge in [-0.3, -0.25) is 15.1 Å². The normalized spacial score (nSPS) is 11.5. The molecule has 158 valence electrons. The number of sulfone groups is 1. The number of nitrogens with zero attached hydrogens (tertiary/aromatic N) is 3. The van der Waals surface area contributed by atoms with Gasteiger partial charge in [-0.25, -0.2) is 13.4 Å². The molecule has 0 saturated carbocycles. The number of hydrogen-bond donors (Lipinski definition) is 1. The summed E-state index contributed by atoms with van der Waals surface area (Å²) < 4.78 is 28.9. The predicted molar refractivity (Wildman–Crippen MR) is 118 cm³/mol. The maximum atomic E-state index is 12.9. The molecule has 0 saturated heterocycles. The Balaban J connectivity index is 1.61. The van der Waals surface area contributed by atoms with Gasteiger partial charge in [0.1, 0.15) is 11.3 Å². The van der Waals surface area contributed by atoms with Gasteiger partial charge in [-0.15, -0.1) is 11.3 Å². The topological polar surface area (TPSA) is 115 Å². The Labute approximate surface area is 182 Å². The Morgan fingerprint density at radius 1 is 1.13 bits per heavy atom. The van der Waals surface area contributed by atoms with Crippen LogP contribution in [0, 0.1) is 13.8 Å². The summed E-state index contributed by atoms with van der Waals surface area (Å²) in [6.45, 7) is 3.87. The molecular formula is C21H18N4O4S2. The largest absolute Gasteiger partial charge is 0.355 e. The summed E-state index contributed by atoms with van der Waals surface area (Å²) in [7, 11) is -3.41. The minimum absolute atomic E-state index is 0.124. The molecule has 4 rings (SSSR count). The number of nitrogens with one attached hydrogen (secondary N) is 1. The molecule has 1 aromatic carbocycles. The van der Waals surface area contributed by atoms with E-state index in [1.165, 1.54) is 29.7 Å². The van der Waals surface area contributed by atoms with Crippen LogP contribution >= 0.6 is 11.3 Å². The fourth-order valence-electron chi connectivity index (χ4n) is 2.94. The molecule has 0 bridgehead atoms. The van der Waals surface area contributed by atoms with Gasteiger partial charge in [0, 0.05) is 22.9 Å². The van der Waals surface area contributed by atoms with Crippen LogP contribution < -0.4 is 5.32 Å². The van der Waals surface area contributed by atoms with Crippen molar-refractivity contribution >= 4 is 32.2 Å². The molecular weight excluding hydrogens is 436 g/mol. The molecule has 0 atom stereocenters. The Kier molecular flexibility index (Phi) is 5.42. The summed E-state index contributed by atoms with van der Waals surface area (Å²) in [5.41, 5.74) is 3.08. The van der Waals surface area contributed by atoms with E-state index in [4.69, 9.17) is 4.52 Å². The van der Waals surface area contributed by atoms with Gasteiger partial charge in [-0.2, -0.15) is 0 Å². The Morgan fingerprint density at radius 2 is 1.94 bits per heavy atom. The van der Waals surface area contributed by atoms with E-state index in [0.29, 0.717) is 16.4 Å². The second-order valence-corrected chi connectivity index (χ2v) is 10.2. The summed E-state index contributed by atoms with van der Waals surface area (Å²) in [5, 5.41) is 6.90. The van der Waals surface area contributed by atoms with Crippen LogP contribution in [-0.2, 0) is 9.84 Å². The molecule has 0 spiro atoms. The average Bonchev–Trinajstić information content (AvgIpc) is 3.35. The number of hydrogen-bond acceptors (Lipinski definition) is 8. The maximum absolute atomic E-state index is 12.9. The highest BCUT2D eigenvalue weighted by Crippen LogP contribution is 2.31. The molecule has 3 aromatic heterocycles. The lowest BCUT2D eigenvalue weighted by Crippen LogP contribution is -2.12. The smallest absolute Gasteiger partial charge is 0.263 e. The van der Waals surface area contributed by atoms with Crippen molar-refractivity contribution in [2.24, 2.45) is 0 Å². The first-order valence-corrected chi connectivity index (χ1v) is 11.9. The second-order valence-electron chi connectivity index (χ2n) is 6.97. The maximum Gasteiger partial charge on any atom is 0.263 e. The van der Waals surface area contributed by atoms with Gasteiger partial charge < -0.3 is 4.52 Å². The molecule has 0 radical (unpaired) electrons. The van der Waals surface area contributed by atoms with Crippen molar-refractivity contribution in [3.8, 4) is 22.7 Å². The summed E-state index contributed by atoms with van der Waals surface area (Å²) in [6.07, 6.45) is 4.17. The first-order valence-electron chi connectivity index (χ1n) is 9.19. The number of rotatable bonds is 5. The van der Waals surface area contributed by atoms with Crippen LogP contribution in [0.3, 0.4) is 0 Å². The summed E-state index contributed by atoms with van der Waals surface area (Å²) >= 11 is 1.33. The quantitative estimate of drug-likeness (QED) is 0.482. The lowest BCUT2D eigenvalue weighted by atomic mass is 10.1. The third-order valence-electron chi connectivity index (χ3n) is 4.51. The zero-order chi connectivity index (χ0) is 22.2. The van der Waals surface area contributed by atoms with Gasteiger partial charge in [0.2, 0.25) is 0 Å². The van der Waals surface area contributed by atoms with Crippen molar-refractivity contribution in [1.82, 2.24) is 15.1 Å². The van der Waals surface area contributed by atoms with Crippen LogP contribution in [-0.4, -0.2) is 35.7 Å². The first-order chi connectivity index (χ1) is 14.7. The molecule has 0 unspecified atom stereocenters. The van der Waals surface area contributed by atoms with Crippen LogP contribution in [0.2, 0.25) is 0 Å². The number of benzene rings is 1. The van der Waals surface area contributed by atoms with Crippen LogP contribution in [0.4, 0.5) is 5.13 Å². The van der Waals surface area contributed by atoms with Gasteiger partial charge in [0.15, 0.2) is 20.7 Å². The lowest BCUT2D eigenvalue weighted by Gasteiger charge is -2.04. The van der Waals surface area contributed by atoms with Gasteiger partial charge >= 0.3 is 0 Å². The lowest BCUT2D eigenvalue weighted by molar-refractivity contribution is 0.102. The van der Waals surface area contributed by atoms with Crippen LogP contribution in [0.15, 0.2) is 58.2 Å². The number of aryl methyl sites for hydroxylation is 2. The number of aromatic nitrogens is 3. The summed E-state index contributed by atoms with van der Waals surface area (Å²) in [4.78, 5) is 22.8. The molecule has 0 aliphatic carbocycles. The molecule has 1 amide bonds. The third-order valence-corrected chi connectivity index (χ3v) is 6.51. The fraction of sp³-hybridized carbons (Fsp3) is 0.143. The number of amides is 1. The average molecular weight is 455 g/mol. The molecule has 4 aromatic rings. The summed E-state index contributed by atoms with van der Waals surface area (Å²) in [6, 6.07) is 10.0. The third kappa shape index (κ3) is 4.39. The van der Waals surface area contributed by atoms with Gasteiger partial charge in [0.25, 0.3) is 5.91 Å². The number of anilines is 1. The SMILES string of the molecule is Cc1ccc(-c2nc(NC(=O)c3cnoc3-c3cccc(S(C)(=O)=O)c3)sc2C)nc1. The van der Waals surface area contributed by atoms with Gasteiger partial charge in [-0.1, -0.05) is 23.4 Å². The van der Waals surface area contributed by atoms with Crippen molar-refractivity contribution in [1.29, 1.82) is 0 Å². The van der Waals surface area contributed by atoms with E-state index >= 15 is 0 Å². The van der Waals surface area contributed by atoms with Gasteiger partial charge in [-0.05, 0) is 37.6 Å². The minimum atomic E-state index is -3.41. The zero-order valence-electron chi connectivity index (χ0n) is 16.9. The monoisotopic (exact) mass is 454 g/mol. The molecule has 8 nitrogen and oxygen atoms in total. The molecule has 3 heterocycles. The standard InChI is InChI=1S/C21H18N4O4S2/c1-12-7-8-17(22-10-12)18-13(2)30-21(24-18)25-20(26)16-11-23-29-19(16)14-5-4-6-15(9-14)31(3,27)28/h4-11H,1-3H3,(H,24,25,26). The highest BCUT2D eigenvalue weighted by molar-refractivity contribution is 7.90. The Bertz CT molecular complexity index is 1370. The van der Waals surface area contributed by atoms with Crippen molar-refractivity contribution in [2.45, 2.75) is 18.7 Å². The highest BCUT2D eigenvalue weighted by atomic mass is 32.2. The van der Waals surface area contributed by atoms with E-state index in [2.05, 4.69) is 20.4 Å². The van der Waals surface area contributed by atoms with E-state index in [9.17, 15) is 13.2 Å². The molecule has 31 heavy (non-hydrogen) atoms. The highest BCUT2D eigenvalue weighted by Gasteiger charge is 2.21. The van der Waals surface area contributed by atoms with Crippen molar-refractivity contribution in [3.05, 3.63) is 64.8 Å². The van der Waals surface area contributed by atoms with Crippen molar-refractivity contribution in [2.75, 3.05) is 11.6 Å². The zero-order valence-corrected chi connectivity index (χ0v) is 18.5. The Morgan fingerprint density at radius 3 is 2.65 bits per heavy atom. The molecule has 0 fully saturated rings. The van der Waals surface area contributed by atoms with E-state index < -0.39 is 15.7 Å².